The third-order valence-corrected chi connectivity index (χ3v) is 4.56. The van der Waals surface area contributed by atoms with Crippen LogP contribution >= 0.6 is 11.3 Å². The molecule has 0 bridgehead atoms. The molecular formula is C18H12F5NOS. The fraction of sp³-hybridized carbons (Fsp3) is 0.167. The highest BCUT2D eigenvalue weighted by Gasteiger charge is 2.29. The molecule has 0 amide bonds. The Balaban J connectivity index is 1.76. The van der Waals surface area contributed by atoms with Gasteiger partial charge in [-0.15, -0.1) is 11.3 Å². The van der Waals surface area contributed by atoms with Crippen molar-refractivity contribution in [3.8, 4) is 16.5 Å². The third-order valence-electron chi connectivity index (χ3n) is 3.59. The molecule has 2 nitrogen and oxygen atoms in total. The highest BCUT2D eigenvalue weighted by Crippen LogP contribution is 2.35. The fourth-order valence-corrected chi connectivity index (χ4v) is 3.17. The Labute approximate surface area is 149 Å². The lowest BCUT2D eigenvalue weighted by Crippen LogP contribution is -2.05. The van der Waals surface area contributed by atoms with Gasteiger partial charge in [0.25, 0.3) is 0 Å². The normalized spacial score (nSPS) is 11.6. The highest BCUT2D eigenvalue weighted by molar-refractivity contribution is 7.15. The summed E-state index contributed by atoms with van der Waals surface area (Å²) in [7, 11) is 0. The van der Waals surface area contributed by atoms with Gasteiger partial charge in [-0.25, -0.2) is 13.8 Å². The number of halogens is 5. The first-order valence-electron chi connectivity index (χ1n) is 7.46. The number of aryl methyl sites for hydroxylation is 1. The molecule has 0 saturated heterocycles. The zero-order valence-electron chi connectivity index (χ0n) is 13.4. The van der Waals surface area contributed by atoms with E-state index in [0.29, 0.717) is 10.4 Å². The molecule has 3 aromatic rings. The standard InChI is InChI=1S/C18H12F5NOS/c1-10-16(24-17(26-10)15-13(19)3-2-4-14(15)20)25-9-11-5-7-12(8-6-11)18(21,22)23/h2-8H,9H2,1H3. The largest absolute Gasteiger partial charge is 0.472 e. The molecule has 0 spiro atoms. The number of thiazole rings is 1. The molecule has 0 fully saturated rings. The molecular weight excluding hydrogens is 373 g/mol. The molecule has 0 aliphatic carbocycles. The molecule has 0 radical (unpaired) electrons. The summed E-state index contributed by atoms with van der Waals surface area (Å²) in [6.45, 7) is 1.67. The summed E-state index contributed by atoms with van der Waals surface area (Å²) in [5.74, 6) is -1.27. The summed E-state index contributed by atoms with van der Waals surface area (Å²) in [6.07, 6.45) is -4.40. The molecule has 1 aromatic heterocycles. The number of nitrogens with zero attached hydrogens (tertiary/aromatic N) is 1. The Morgan fingerprint density at radius 1 is 1.00 bits per heavy atom. The molecule has 136 valence electrons. The number of rotatable bonds is 4. The van der Waals surface area contributed by atoms with Crippen LogP contribution in [0.25, 0.3) is 10.6 Å². The van der Waals surface area contributed by atoms with Crippen molar-refractivity contribution in [2.24, 2.45) is 0 Å². The van der Waals surface area contributed by atoms with Gasteiger partial charge in [-0.05, 0) is 36.8 Å². The molecule has 0 atom stereocenters. The van der Waals surface area contributed by atoms with Crippen LogP contribution < -0.4 is 4.74 Å². The molecule has 1 heterocycles. The van der Waals surface area contributed by atoms with Crippen molar-refractivity contribution in [2.45, 2.75) is 19.7 Å². The second-order valence-corrected chi connectivity index (χ2v) is 6.66. The average molecular weight is 385 g/mol. The van der Waals surface area contributed by atoms with E-state index >= 15 is 0 Å². The summed E-state index contributed by atoms with van der Waals surface area (Å²) in [5.41, 5.74) is -0.461. The second kappa shape index (κ2) is 7.03. The number of aromatic nitrogens is 1. The van der Waals surface area contributed by atoms with Gasteiger partial charge < -0.3 is 4.74 Å². The summed E-state index contributed by atoms with van der Waals surface area (Å²) >= 11 is 1.07. The van der Waals surface area contributed by atoms with Crippen molar-refractivity contribution in [3.63, 3.8) is 0 Å². The number of benzene rings is 2. The van der Waals surface area contributed by atoms with E-state index in [1.165, 1.54) is 18.2 Å². The van der Waals surface area contributed by atoms with Crippen LogP contribution in [-0.2, 0) is 12.8 Å². The molecule has 0 aliphatic heterocycles. The first kappa shape index (κ1) is 18.3. The maximum Gasteiger partial charge on any atom is 0.416 e. The quantitative estimate of drug-likeness (QED) is 0.514. The maximum atomic E-state index is 13.9. The smallest absolute Gasteiger partial charge is 0.416 e. The number of hydrogen-bond donors (Lipinski definition) is 0. The zero-order chi connectivity index (χ0) is 18.9. The second-order valence-electron chi connectivity index (χ2n) is 5.46. The van der Waals surface area contributed by atoms with Crippen molar-refractivity contribution in [3.05, 3.63) is 70.1 Å². The van der Waals surface area contributed by atoms with Gasteiger partial charge in [-0.3, -0.25) is 0 Å². The minimum atomic E-state index is -4.40. The van der Waals surface area contributed by atoms with E-state index < -0.39 is 23.4 Å². The summed E-state index contributed by atoms with van der Waals surface area (Å²) < 4.78 is 70.9. The van der Waals surface area contributed by atoms with E-state index in [-0.39, 0.29) is 23.1 Å². The van der Waals surface area contributed by atoms with Crippen molar-refractivity contribution >= 4 is 11.3 Å². The lowest BCUT2D eigenvalue weighted by molar-refractivity contribution is -0.137. The zero-order valence-corrected chi connectivity index (χ0v) is 14.2. The topological polar surface area (TPSA) is 22.1 Å². The van der Waals surface area contributed by atoms with Gasteiger partial charge in [0.1, 0.15) is 23.2 Å². The maximum absolute atomic E-state index is 13.9. The molecule has 3 rings (SSSR count). The molecule has 0 unspecified atom stereocenters. The first-order chi connectivity index (χ1) is 12.3. The third kappa shape index (κ3) is 3.85. The molecule has 0 aliphatic rings. The van der Waals surface area contributed by atoms with Crippen LogP contribution in [0.15, 0.2) is 42.5 Å². The highest BCUT2D eigenvalue weighted by atomic mass is 32.1. The monoisotopic (exact) mass is 385 g/mol. The number of alkyl halides is 3. The van der Waals surface area contributed by atoms with E-state index in [1.807, 2.05) is 0 Å². The minimum absolute atomic E-state index is 0.0120. The first-order valence-corrected chi connectivity index (χ1v) is 8.28. The van der Waals surface area contributed by atoms with Crippen molar-refractivity contribution < 1.29 is 26.7 Å². The van der Waals surface area contributed by atoms with E-state index in [9.17, 15) is 22.0 Å². The van der Waals surface area contributed by atoms with Gasteiger partial charge in [0.2, 0.25) is 5.88 Å². The van der Waals surface area contributed by atoms with E-state index in [2.05, 4.69) is 4.98 Å². The van der Waals surface area contributed by atoms with Gasteiger partial charge >= 0.3 is 6.18 Å². The Morgan fingerprint density at radius 3 is 2.19 bits per heavy atom. The van der Waals surface area contributed by atoms with Crippen LogP contribution in [0.1, 0.15) is 16.0 Å². The van der Waals surface area contributed by atoms with Crippen LogP contribution in [-0.4, -0.2) is 4.98 Å². The van der Waals surface area contributed by atoms with Crippen LogP contribution in [0.5, 0.6) is 5.88 Å². The van der Waals surface area contributed by atoms with E-state index in [1.54, 1.807) is 6.92 Å². The lowest BCUT2D eigenvalue weighted by Gasteiger charge is -2.08. The summed E-state index contributed by atoms with van der Waals surface area (Å²) in [5, 5.41) is 0.139. The van der Waals surface area contributed by atoms with E-state index in [0.717, 1.165) is 35.6 Å². The Hall–Kier alpha value is -2.48. The lowest BCUT2D eigenvalue weighted by atomic mass is 10.1. The fourth-order valence-electron chi connectivity index (χ4n) is 2.27. The summed E-state index contributed by atoms with van der Waals surface area (Å²) in [6, 6.07) is 8.08. The van der Waals surface area contributed by atoms with Gasteiger partial charge in [0, 0.05) is 0 Å². The van der Waals surface area contributed by atoms with Crippen LogP contribution in [0, 0.1) is 18.6 Å². The van der Waals surface area contributed by atoms with Crippen molar-refractivity contribution in [1.29, 1.82) is 0 Å². The molecule has 8 heteroatoms. The van der Waals surface area contributed by atoms with Crippen LogP contribution in [0.2, 0.25) is 0 Å². The minimum Gasteiger partial charge on any atom is -0.472 e. The Morgan fingerprint density at radius 2 is 1.62 bits per heavy atom. The molecule has 0 saturated carbocycles. The van der Waals surface area contributed by atoms with Gasteiger partial charge in [-0.1, -0.05) is 18.2 Å². The van der Waals surface area contributed by atoms with Crippen LogP contribution in [0.3, 0.4) is 0 Å². The Kier molecular flexibility index (Phi) is 4.95. The summed E-state index contributed by atoms with van der Waals surface area (Å²) in [4.78, 5) is 4.72. The molecule has 0 N–H and O–H groups in total. The van der Waals surface area contributed by atoms with Gasteiger partial charge in [0.05, 0.1) is 16.0 Å². The number of hydrogen-bond acceptors (Lipinski definition) is 3. The SMILES string of the molecule is Cc1sc(-c2c(F)cccc2F)nc1OCc1ccc(C(F)(F)F)cc1. The van der Waals surface area contributed by atoms with Crippen molar-refractivity contribution in [1.82, 2.24) is 4.98 Å². The Bertz CT molecular complexity index is 898. The van der Waals surface area contributed by atoms with Crippen molar-refractivity contribution in [2.75, 3.05) is 0 Å². The predicted molar refractivity (Wildman–Crippen MR) is 88.0 cm³/mol. The van der Waals surface area contributed by atoms with Gasteiger partial charge in [-0.2, -0.15) is 13.2 Å². The van der Waals surface area contributed by atoms with E-state index in [4.69, 9.17) is 4.74 Å². The van der Waals surface area contributed by atoms with Crippen LogP contribution in [0.4, 0.5) is 22.0 Å². The van der Waals surface area contributed by atoms with Gasteiger partial charge in [0.15, 0.2) is 0 Å². The molecule has 2 aromatic carbocycles. The average Bonchev–Trinajstić information content (AvgIpc) is 2.93. The molecule has 26 heavy (non-hydrogen) atoms. The number of ether oxygens (including phenoxy) is 1. The predicted octanol–water partition coefficient (Wildman–Crippen LogP) is 5.99.